The molecular weight excluding hydrogens is 304 g/mol. The molecule has 1 aliphatic carbocycles. The monoisotopic (exact) mass is 318 g/mol. The summed E-state index contributed by atoms with van der Waals surface area (Å²) in [6, 6.07) is 9.28. The first kappa shape index (κ1) is 14.2. The van der Waals surface area contributed by atoms with Gasteiger partial charge in [-0.05, 0) is 37.1 Å². The molecule has 2 heterocycles. The standard InChI is InChI=1S/C17H14N6O/c18-8-10-1-3-11(4-2-10)23-17-12(15(22-23)7-16(19)24)5-6-14-13(17)9-20-21-14/h1-4,9H,5-7H2,(H2,19,24)(H,20,21). The van der Waals surface area contributed by atoms with Crippen molar-refractivity contribution in [2.24, 2.45) is 5.73 Å². The number of carbonyl (C=O) groups excluding carboxylic acids is 1. The number of nitrogens with one attached hydrogen (secondary N) is 1. The van der Waals surface area contributed by atoms with Crippen LogP contribution in [-0.2, 0) is 24.1 Å². The van der Waals surface area contributed by atoms with Crippen LogP contribution >= 0.6 is 0 Å². The molecule has 7 heteroatoms. The topological polar surface area (TPSA) is 113 Å². The fraction of sp³-hybridized carbons (Fsp3) is 0.176. The number of benzene rings is 1. The first-order valence-corrected chi connectivity index (χ1v) is 7.59. The zero-order valence-electron chi connectivity index (χ0n) is 12.8. The van der Waals surface area contributed by atoms with Crippen LogP contribution in [0, 0.1) is 11.3 Å². The van der Waals surface area contributed by atoms with E-state index in [4.69, 9.17) is 11.0 Å². The van der Waals surface area contributed by atoms with Crippen LogP contribution in [0.2, 0.25) is 0 Å². The number of fused-ring (bicyclic) bond motifs is 3. The second kappa shape index (κ2) is 5.35. The van der Waals surface area contributed by atoms with Gasteiger partial charge in [0.1, 0.15) is 0 Å². The van der Waals surface area contributed by atoms with Crippen LogP contribution in [0.4, 0.5) is 0 Å². The van der Waals surface area contributed by atoms with E-state index < -0.39 is 5.91 Å². The molecule has 0 fully saturated rings. The highest BCUT2D eigenvalue weighted by atomic mass is 16.1. The van der Waals surface area contributed by atoms with E-state index in [-0.39, 0.29) is 6.42 Å². The van der Waals surface area contributed by atoms with Crippen LogP contribution in [0.1, 0.15) is 22.5 Å². The third-order valence-corrected chi connectivity index (χ3v) is 4.25. The second-order valence-electron chi connectivity index (χ2n) is 5.75. The summed E-state index contributed by atoms with van der Waals surface area (Å²) in [6.45, 7) is 0. The summed E-state index contributed by atoms with van der Waals surface area (Å²) < 4.78 is 1.81. The van der Waals surface area contributed by atoms with E-state index in [1.54, 1.807) is 18.3 Å². The molecule has 0 saturated carbocycles. The number of amides is 1. The molecule has 0 spiro atoms. The Labute approximate surface area is 137 Å². The molecule has 2 aromatic heterocycles. The van der Waals surface area contributed by atoms with E-state index in [0.29, 0.717) is 11.3 Å². The van der Waals surface area contributed by atoms with Crippen LogP contribution in [0.5, 0.6) is 0 Å². The Morgan fingerprint density at radius 3 is 2.83 bits per heavy atom. The third kappa shape index (κ3) is 2.16. The Hall–Kier alpha value is -3.40. The molecule has 0 aliphatic heterocycles. The number of primary amides is 1. The van der Waals surface area contributed by atoms with E-state index in [2.05, 4.69) is 21.4 Å². The highest BCUT2D eigenvalue weighted by Crippen LogP contribution is 2.36. The van der Waals surface area contributed by atoms with Crippen LogP contribution in [0.3, 0.4) is 0 Å². The quantitative estimate of drug-likeness (QED) is 0.756. The number of nitriles is 1. The Bertz CT molecular complexity index is 974. The van der Waals surface area contributed by atoms with Gasteiger partial charge in [-0.15, -0.1) is 0 Å². The van der Waals surface area contributed by atoms with Crippen molar-refractivity contribution >= 4 is 5.91 Å². The summed E-state index contributed by atoms with van der Waals surface area (Å²) >= 11 is 0. The van der Waals surface area contributed by atoms with E-state index in [1.807, 2.05) is 16.8 Å². The number of hydrogen-bond donors (Lipinski definition) is 2. The molecule has 1 amide bonds. The number of rotatable bonds is 3. The summed E-state index contributed by atoms with van der Waals surface area (Å²) in [6.07, 6.45) is 3.50. The Kier molecular flexibility index (Phi) is 3.17. The van der Waals surface area contributed by atoms with Crippen LogP contribution in [-0.4, -0.2) is 25.9 Å². The lowest BCUT2D eigenvalue weighted by Gasteiger charge is -2.14. The van der Waals surface area contributed by atoms with Gasteiger partial charge in [0.15, 0.2) is 0 Å². The van der Waals surface area contributed by atoms with Crippen molar-refractivity contribution in [2.75, 3.05) is 0 Å². The third-order valence-electron chi connectivity index (χ3n) is 4.25. The molecule has 3 aromatic rings. The fourth-order valence-corrected chi connectivity index (χ4v) is 3.16. The summed E-state index contributed by atoms with van der Waals surface area (Å²) in [5.41, 5.74) is 11.5. The minimum absolute atomic E-state index is 0.110. The average Bonchev–Trinajstić information content (AvgIpc) is 3.19. The minimum Gasteiger partial charge on any atom is -0.369 e. The Morgan fingerprint density at radius 1 is 1.33 bits per heavy atom. The molecule has 4 rings (SSSR count). The number of nitrogens with two attached hydrogens (primary N) is 1. The van der Waals surface area contributed by atoms with Gasteiger partial charge in [-0.1, -0.05) is 0 Å². The molecule has 1 aliphatic rings. The highest BCUT2D eigenvalue weighted by Gasteiger charge is 2.27. The lowest BCUT2D eigenvalue weighted by Crippen LogP contribution is -2.15. The van der Waals surface area contributed by atoms with Gasteiger partial charge in [-0.2, -0.15) is 15.5 Å². The summed E-state index contributed by atoms with van der Waals surface area (Å²) in [5, 5.41) is 20.7. The SMILES string of the molecule is N#Cc1ccc(-n2nc(CC(N)=O)c3c2-c2cn[nH]c2CC3)cc1. The number of H-pyrrole nitrogens is 1. The zero-order valence-corrected chi connectivity index (χ0v) is 12.8. The summed E-state index contributed by atoms with van der Waals surface area (Å²) in [7, 11) is 0. The van der Waals surface area contributed by atoms with Gasteiger partial charge < -0.3 is 5.73 Å². The van der Waals surface area contributed by atoms with E-state index >= 15 is 0 Å². The zero-order chi connectivity index (χ0) is 16.7. The van der Waals surface area contributed by atoms with Crippen molar-refractivity contribution in [1.29, 1.82) is 5.26 Å². The van der Waals surface area contributed by atoms with Gasteiger partial charge in [0.2, 0.25) is 5.91 Å². The normalized spacial score (nSPS) is 12.3. The molecule has 7 nitrogen and oxygen atoms in total. The number of aromatic nitrogens is 4. The van der Waals surface area contributed by atoms with Gasteiger partial charge >= 0.3 is 0 Å². The largest absolute Gasteiger partial charge is 0.369 e. The molecule has 1 aromatic carbocycles. The molecule has 118 valence electrons. The second-order valence-corrected chi connectivity index (χ2v) is 5.75. The van der Waals surface area contributed by atoms with Crippen molar-refractivity contribution in [3.05, 3.63) is 53.0 Å². The maximum atomic E-state index is 11.4. The lowest BCUT2D eigenvalue weighted by atomic mass is 9.93. The molecule has 24 heavy (non-hydrogen) atoms. The van der Waals surface area contributed by atoms with Crippen LogP contribution in [0.25, 0.3) is 16.9 Å². The van der Waals surface area contributed by atoms with Crippen molar-refractivity contribution in [3.63, 3.8) is 0 Å². The number of aryl methyl sites for hydroxylation is 1. The van der Waals surface area contributed by atoms with Crippen LogP contribution < -0.4 is 5.73 Å². The average molecular weight is 318 g/mol. The van der Waals surface area contributed by atoms with Crippen molar-refractivity contribution in [1.82, 2.24) is 20.0 Å². The first-order valence-electron chi connectivity index (χ1n) is 7.59. The summed E-state index contributed by atoms with van der Waals surface area (Å²) in [4.78, 5) is 11.4. The van der Waals surface area contributed by atoms with Crippen molar-refractivity contribution < 1.29 is 4.79 Å². The molecule has 0 atom stereocenters. The molecule has 0 bridgehead atoms. The van der Waals surface area contributed by atoms with E-state index in [9.17, 15) is 4.79 Å². The molecular formula is C17H14N6O. The fourth-order valence-electron chi connectivity index (χ4n) is 3.16. The molecule has 3 N–H and O–H groups in total. The van der Waals surface area contributed by atoms with Gasteiger partial charge in [0.25, 0.3) is 0 Å². The molecule has 0 unspecified atom stereocenters. The van der Waals surface area contributed by atoms with Gasteiger partial charge in [-0.3, -0.25) is 9.89 Å². The van der Waals surface area contributed by atoms with E-state index in [1.165, 1.54) is 0 Å². The van der Waals surface area contributed by atoms with Gasteiger partial charge in [0, 0.05) is 16.8 Å². The smallest absolute Gasteiger partial charge is 0.223 e. The highest BCUT2D eigenvalue weighted by molar-refractivity contribution is 5.79. The predicted octanol–water partition coefficient (Wildman–Crippen LogP) is 1.26. The van der Waals surface area contributed by atoms with Crippen molar-refractivity contribution in [2.45, 2.75) is 19.3 Å². The Balaban J connectivity index is 1.92. The minimum atomic E-state index is -0.403. The Morgan fingerprint density at radius 2 is 2.12 bits per heavy atom. The first-order chi connectivity index (χ1) is 11.7. The van der Waals surface area contributed by atoms with Gasteiger partial charge in [0.05, 0.1) is 41.3 Å². The van der Waals surface area contributed by atoms with Crippen molar-refractivity contribution in [3.8, 4) is 23.0 Å². The predicted molar refractivity (Wildman–Crippen MR) is 86.2 cm³/mol. The lowest BCUT2D eigenvalue weighted by molar-refractivity contribution is -0.117. The number of aromatic amines is 1. The van der Waals surface area contributed by atoms with Gasteiger partial charge in [-0.25, -0.2) is 4.68 Å². The molecule has 0 saturated heterocycles. The number of carbonyl (C=O) groups is 1. The molecule has 0 radical (unpaired) electrons. The summed E-state index contributed by atoms with van der Waals surface area (Å²) in [5.74, 6) is -0.403. The number of hydrogen-bond acceptors (Lipinski definition) is 4. The van der Waals surface area contributed by atoms with Crippen LogP contribution in [0.15, 0.2) is 30.5 Å². The number of nitrogens with zero attached hydrogens (tertiary/aromatic N) is 4. The van der Waals surface area contributed by atoms with E-state index in [0.717, 1.165) is 41.0 Å². The maximum absolute atomic E-state index is 11.4. The maximum Gasteiger partial charge on any atom is 0.223 e.